The number of benzene rings is 1. The molecule has 21 heavy (non-hydrogen) atoms. The fraction of sp³-hybridized carbons (Fsp3) is 0.500. The van der Waals surface area contributed by atoms with Crippen LogP contribution in [0.4, 0.5) is 5.69 Å². The Kier molecular flexibility index (Phi) is 5.75. The van der Waals surface area contributed by atoms with E-state index in [-0.39, 0.29) is 12.3 Å². The van der Waals surface area contributed by atoms with Gasteiger partial charge in [0.2, 0.25) is 5.91 Å². The number of anilines is 1. The summed E-state index contributed by atoms with van der Waals surface area (Å²) >= 11 is 0. The molecule has 1 aromatic rings. The molecule has 0 unspecified atom stereocenters. The molecule has 0 saturated heterocycles. The third kappa shape index (κ3) is 5.19. The molecule has 1 saturated carbocycles. The largest absolute Gasteiger partial charge is 0.481 e. The van der Waals surface area contributed by atoms with Crippen molar-refractivity contribution in [2.75, 3.05) is 11.9 Å². The van der Waals surface area contributed by atoms with E-state index in [1.165, 1.54) is 12.8 Å². The first-order chi connectivity index (χ1) is 10.1. The van der Waals surface area contributed by atoms with Crippen LogP contribution in [0.25, 0.3) is 0 Å². The number of para-hydroxylation sites is 1. The Bertz CT molecular complexity index is 496. The first kappa shape index (κ1) is 15.5. The second-order valence-corrected chi connectivity index (χ2v) is 5.46. The van der Waals surface area contributed by atoms with Gasteiger partial charge in [0, 0.05) is 18.2 Å². The molecule has 1 amide bonds. The van der Waals surface area contributed by atoms with E-state index < -0.39 is 5.97 Å². The van der Waals surface area contributed by atoms with Crippen LogP contribution in [0.15, 0.2) is 24.3 Å². The zero-order valence-corrected chi connectivity index (χ0v) is 12.1. The van der Waals surface area contributed by atoms with Gasteiger partial charge in [0.15, 0.2) is 0 Å². The Labute approximate surface area is 124 Å². The van der Waals surface area contributed by atoms with Crippen LogP contribution in [0.2, 0.25) is 0 Å². The monoisotopic (exact) mass is 290 g/mol. The molecule has 0 aliphatic heterocycles. The molecule has 1 aliphatic rings. The first-order valence-electron chi connectivity index (χ1n) is 7.48. The minimum absolute atomic E-state index is 0.0627. The summed E-state index contributed by atoms with van der Waals surface area (Å²) in [6, 6.07) is 7.81. The number of amides is 1. The molecule has 0 aromatic heterocycles. The smallest absolute Gasteiger partial charge is 0.303 e. The van der Waals surface area contributed by atoms with Gasteiger partial charge in [-0.15, -0.1) is 0 Å². The number of carbonyl (C=O) groups is 2. The maximum atomic E-state index is 12.0. The van der Waals surface area contributed by atoms with Crippen molar-refractivity contribution in [3.63, 3.8) is 0 Å². The van der Waals surface area contributed by atoms with Crippen molar-refractivity contribution >= 4 is 17.6 Å². The van der Waals surface area contributed by atoms with Crippen molar-refractivity contribution in [2.45, 2.75) is 44.6 Å². The molecule has 1 fully saturated rings. The van der Waals surface area contributed by atoms with Gasteiger partial charge in [-0.1, -0.05) is 31.0 Å². The van der Waals surface area contributed by atoms with Gasteiger partial charge >= 0.3 is 5.97 Å². The van der Waals surface area contributed by atoms with Crippen LogP contribution in [0.3, 0.4) is 0 Å². The Morgan fingerprint density at radius 3 is 2.62 bits per heavy atom. The third-order valence-corrected chi connectivity index (χ3v) is 3.81. The first-order valence-corrected chi connectivity index (χ1v) is 7.48. The zero-order chi connectivity index (χ0) is 15.1. The minimum atomic E-state index is -0.834. The van der Waals surface area contributed by atoms with Crippen LogP contribution in [0, 0.1) is 0 Å². The number of hydrogen-bond acceptors (Lipinski definition) is 3. The van der Waals surface area contributed by atoms with E-state index in [0.29, 0.717) is 24.7 Å². The summed E-state index contributed by atoms with van der Waals surface area (Å²) in [4.78, 5) is 22.6. The van der Waals surface area contributed by atoms with E-state index in [9.17, 15) is 9.59 Å². The SMILES string of the molecule is O=C(O)CCc1ccccc1NC(=O)CNC1CCCC1. The zero-order valence-electron chi connectivity index (χ0n) is 12.1. The van der Waals surface area contributed by atoms with Gasteiger partial charge in [-0.3, -0.25) is 9.59 Å². The van der Waals surface area contributed by atoms with E-state index >= 15 is 0 Å². The van der Waals surface area contributed by atoms with Crippen molar-refractivity contribution < 1.29 is 14.7 Å². The highest BCUT2D eigenvalue weighted by atomic mass is 16.4. The number of aliphatic carboxylic acids is 1. The summed E-state index contributed by atoms with van der Waals surface area (Å²) in [5, 5.41) is 14.9. The van der Waals surface area contributed by atoms with Crippen LogP contribution in [-0.4, -0.2) is 29.6 Å². The quantitative estimate of drug-likeness (QED) is 0.719. The predicted octanol–water partition coefficient (Wildman–Crippen LogP) is 2.17. The summed E-state index contributed by atoms with van der Waals surface area (Å²) in [7, 11) is 0. The lowest BCUT2D eigenvalue weighted by atomic mass is 10.1. The van der Waals surface area contributed by atoms with Crippen LogP contribution >= 0.6 is 0 Å². The number of carboxylic acids is 1. The topological polar surface area (TPSA) is 78.4 Å². The van der Waals surface area contributed by atoms with Crippen molar-refractivity contribution in [3.8, 4) is 0 Å². The van der Waals surface area contributed by atoms with Crippen LogP contribution in [0.5, 0.6) is 0 Å². The number of hydrogen-bond donors (Lipinski definition) is 3. The van der Waals surface area contributed by atoms with E-state index in [0.717, 1.165) is 18.4 Å². The molecule has 2 rings (SSSR count). The molecular weight excluding hydrogens is 268 g/mol. The molecule has 5 nitrogen and oxygen atoms in total. The number of nitrogens with one attached hydrogen (secondary N) is 2. The number of rotatable bonds is 7. The molecule has 1 aliphatic carbocycles. The fourth-order valence-corrected chi connectivity index (χ4v) is 2.66. The molecule has 0 atom stereocenters. The van der Waals surface area contributed by atoms with Crippen molar-refractivity contribution in [1.82, 2.24) is 5.32 Å². The van der Waals surface area contributed by atoms with Gasteiger partial charge < -0.3 is 15.7 Å². The van der Waals surface area contributed by atoms with E-state index in [1.54, 1.807) is 0 Å². The van der Waals surface area contributed by atoms with E-state index in [4.69, 9.17) is 5.11 Å². The van der Waals surface area contributed by atoms with Gasteiger partial charge in [-0.05, 0) is 30.9 Å². The van der Waals surface area contributed by atoms with Crippen molar-refractivity contribution in [3.05, 3.63) is 29.8 Å². The van der Waals surface area contributed by atoms with Crippen molar-refractivity contribution in [2.24, 2.45) is 0 Å². The Morgan fingerprint density at radius 2 is 1.90 bits per heavy atom. The second-order valence-electron chi connectivity index (χ2n) is 5.46. The van der Waals surface area contributed by atoms with Crippen molar-refractivity contribution in [1.29, 1.82) is 0 Å². The van der Waals surface area contributed by atoms with Crippen LogP contribution in [0.1, 0.15) is 37.7 Å². The summed E-state index contributed by atoms with van der Waals surface area (Å²) < 4.78 is 0. The van der Waals surface area contributed by atoms with E-state index in [2.05, 4.69) is 10.6 Å². The Morgan fingerprint density at radius 1 is 1.19 bits per heavy atom. The molecule has 1 aromatic carbocycles. The maximum Gasteiger partial charge on any atom is 0.303 e. The molecular formula is C16H22N2O3. The maximum absolute atomic E-state index is 12.0. The summed E-state index contributed by atoms with van der Waals surface area (Å²) in [5.41, 5.74) is 1.56. The molecule has 5 heteroatoms. The van der Waals surface area contributed by atoms with Gasteiger partial charge in [-0.25, -0.2) is 0 Å². The third-order valence-electron chi connectivity index (χ3n) is 3.81. The minimum Gasteiger partial charge on any atom is -0.481 e. The lowest BCUT2D eigenvalue weighted by Gasteiger charge is -2.13. The standard InChI is InChI=1S/C16H22N2O3/c19-15(11-17-13-6-2-3-7-13)18-14-8-4-1-5-12(14)9-10-16(20)21/h1,4-5,8,13,17H,2-3,6-7,9-11H2,(H,18,19)(H,20,21). The predicted molar refractivity (Wildman–Crippen MR) is 81.3 cm³/mol. The molecule has 3 N–H and O–H groups in total. The highest BCUT2D eigenvalue weighted by Gasteiger charge is 2.15. The van der Waals surface area contributed by atoms with E-state index in [1.807, 2.05) is 24.3 Å². The summed E-state index contributed by atoms with van der Waals surface area (Å²) in [5.74, 6) is -0.913. The average Bonchev–Trinajstić information content (AvgIpc) is 2.97. The molecule has 114 valence electrons. The Hall–Kier alpha value is -1.88. The van der Waals surface area contributed by atoms with Gasteiger partial charge in [0.25, 0.3) is 0 Å². The molecule has 0 radical (unpaired) electrons. The van der Waals surface area contributed by atoms with Crippen LogP contribution < -0.4 is 10.6 Å². The normalized spacial score (nSPS) is 15.0. The molecule has 0 heterocycles. The lowest BCUT2D eigenvalue weighted by Crippen LogP contribution is -2.34. The average molecular weight is 290 g/mol. The summed E-state index contributed by atoms with van der Waals surface area (Å²) in [6.07, 6.45) is 5.23. The van der Waals surface area contributed by atoms with Crippen LogP contribution in [-0.2, 0) is 16.0 Å². The molecule has 0 bridgehead atoms. The highest BCUT2D eigenvalue weighted by molar-refractivity contribution is 5.93. The molecule has 0 spiro atoms. The number of aryl methyl sites for hydroxylation is 1. The lowest BCUT2D eigenvalue weighted by molar-refractivity contribution is -0.136. The van der Waals surface area contributed by atoms with Gasteiger partial charge in [-0.2, -0.15) is 0 Å². The second kappa shape index (κ2) is 7.78. The Balaban J connectivity index is 1.85. The highest BCUT2D eigenvalue weighted by Crippen LogP contribution is 2.18. The van der Waals surface area contributed by atoms with Gasteiger partial charge in [0.05, 0.1) is 6.54 Å². The fourth-order valence-electron chi connectivity index (χ4n) is 2.66. The number of carboxylic acid groups (broad SMARTS) is 1. The number of carbonyl (C=O) groups excluding carboxylic acids is 1. The summed E-state index contributed by atoms with van der Waals surface area (Å²) in [6.45, 7) is 0.304. The van der Waals surface area contributed by atoms with Gasteiger partial charge in [0.1, 0.15) is 0 Å².